The Morgan fingerprint density at radius 2 is 1.95 bits per heavy atom. The highest BCUT2D eigenvalue weighted by atomic mass is 35.5. The van der Waals surface area contributed by atoms with Gasteiger partial charge in [0.1, 0.15) is 5.82 Å². The van der Waals surface area contributed by atoms with E-state index in [0.29, 0.717) is 16.8 Å². The van der Waals surface area contributed by atoms with Crippen molar-refractivity contribution in [1.82, 2.24) is 9.97 Å². The summed E-state index contributed by atoms with van der Waals surface area (Å²) in [6.07, 6.45) is 3.12. The zero-order chi connectivity index (χ0) is 13.8. The first kappa shape index (κ1) is 13.4. The summed E-state index contributed by atoms with van der Waals surface area (Å²) in [4.78, 5) is 20.1. The molecule has 0 saturated carbocycles. The number of allylic oxidation sites excluding steroid dienone is 2. The molecule has 0 bridgehead atoms. The molecule has 0 spiro atoms. The first-order valence-corrected chi connectivity index (χ1v) is 5.95. The van der Waals surface area contributed by atoms with Gasteiger partial charge in [0.05, 0.1) is 5.69 Å². The smallest absolute Gasteiger partial charge is 0.222 e. The van der Waals surface area contributed by atoms with Gasteiger partial charge in [-0.15, -0.1) is 0 Å². The van der Waals surface area contributed by atoms with Crippen LogP contribution in [0.15, 0.2) is 42.6 Å². The Hall–Kier alpha value is -2.07. The molecule has 0 N–H and O–H groups in total. The van der Waals surface area contributed by atoms with E-state index in [9.17, 15) is 9.18 Å². The molecule has 1 heterocycles. The third-order valence-electron chi connectivity index (χ3n) is 2.54. The molecule has 1 aromatic heterocycles. The van der Waals surface area contributed by atoms with Crippen LogP contribution in [-0.2, 0) is 0 Å². The zero-order valence-electron chi connectivity index (χ0n) is 10.1. The molecule has 0 saturated heterocycles. The summed E-state index contributed by atoms with van der Waals surface area (Å²) in [7, 11) is 0. The lowest BCUT2D eigenvalue weighted by Gasteiger charge is -2.05. The van der Waals surface area contributed by atoms with Crippen molar-refractivity contribution < 1.29 is 9.18 Å². The lowest BCUT2D eigenvalue weighted by molar-refractivity contribution is 0.105. The van der Waals surface area contributed by atoms with Crippen LogP contribution in [0.5, 0.6) is 0 Å². The van der Waals surface area contributed by atoms with Crippen molar-refractivity contribution in [3.8, 4) is 0 Å². The van der Waals surface area contributed by atoms with Crippen LogP contribution >= 0.6 is 11.6 Å². The molecule has 0 unspecified atom stereocenters. The Balaban J connectivity index is 2.38. The molecule has 3 nitrogen and oxygen atoms in total. The summed E-state index contributed by atoms with van der Waals surface area (Å²) in [5.74, 6) is -0.624. The summed E-state index contributed by atoms with van der Waals surface area (Å²) in [5, 5.41) is 0.0729. The Bertz CT molecular complexity index is 638. The van der Waals surface area contributed by atoms with Gasteiger partial charge in [-0.2, -0.15) is 0 Å². The number of carbonyl (C=O) groups excluding carboxylic acids is 1. The highest BCUT2D eigenvalue weighted by Crippen LogP contribution is 2.19. The van der Waals surface area contributed by atoms with E-state index in [1.54, 1.807) is 19.1 Å². The molecule has 1 aromatic carbocycles. The summed E-state index contributed by atoms with van der Waals surface area (Å²) >= 11 is 5.71. The Kier molecular flexibility index (Phi) is 4.02. The maximum absolute atomic E-state index is 12.8. The molecule has 0 radical (unpaired) electrons. The second kappa shape index (κ2) is 5.71. The fraction of sp³-hybridized carbons (Fsp3) is 0.0714. The zero-order valence-corrected chi connectivity index (χ0v) is 10.9. The van der Waals surface area contributed by atoms with E-state index >= 15 is 0 Å². The molecular formula is C14H10ClFN2O. The van der Waals surface area contributed by atoms with Crippen LogP contribution in [0.1, 0.15) is 23.0 Å². The average Bonchev–Trinajstić information content (AvgIpc) is 2.40. The predicted octanol–water partition coefficient (Wildman–Crippen LogP) is 3.56. The molecule has 0 fully saturated rings. The summed E-state index contributed by atoms with van der Waals surface area (Å²) in [5.41, 5.74) is 1.23. The average molecular weight is 277 g/mol. The first-order valence-electron chi connectivity index (χ1n) is 5.57. The van der Waals surface area contributed by atoms with Crippen molar-refractivity contribution in [3.63, 3.8) is 0 Å². The monoisotopic (exact) mass is 276 g/mol. The summed E-state index contributed by atoms with van der Waals surface area (Å²) in [6, 6.07) is 6.96. The molecule has 5 heteroatoms. The number of Topliss-reactive ketones (excluding diaryl/α,β-unsaturated/α-hetero) is 1. The second-order valence-corrected chi connectivity index (χ2v) is 4.09. The number of hydrogen-bond donors (Lipinski definition) is 0. The molecule has 2 aromatic rings. The molecular weight excluding hydrogens is 267 g/mol. The Morgan fingerprint density at radius 3 is 2.53 bits per heavy atom. The van der Waals surface area contributed by atoms with Crippen LogP contribution < -0.4 is 0 Å². The SMILES string of the molecule is C/C=C(/C(=O)c1ccc(F)cc1)c1ccnc(Cl)n1. The van der Waals surface area contributed by atoms with E-state index in [2.05, 4.69) is 9.97 Å². The van der Waals surface area contributed by atoms with Gasteiger partial charge in [-0.1, -0.05) is 6.08 Å². The van der Waals surface area contributed by atoms with Gasteiger partial charge in [-0.25, -0.2) is 14.4 Å². The van der Waals surface area contributed by atoms with Gasteiger partial charge >= 0.3 is 0 Å². The number of nitrogens with zero attached hydrogens (tertiary/aromatic N) is 2. The summed E-state index contributed by atoms with van der Waals surface area (Å²) in [6.45, 7) is 1.73. The summed E-state index contributed by atoms with van der Waals surface area (Å²) < 4.78 is 12.8. The maximum Gasteiger partial charge on any atom is 0.222 e. The van der Waals surface area contributed by atoms with E-state index in [1.807, 2.05) is 0 Å². The third kappa shape index (κ3) is 3.03. The molecule has 19 heavy (non-hydrogen) atoms. The van der Waals surface area contributed by atoms with Gasteiger partial charge < -0.3 is 0 Å². The normalized spacial score (nSPS) is 11.4. The van der Waals surface area contributed by atoms with Crippen molar-refractivity contribution in [2.75, 3.05) is 0 Å². The molecule has 0 aliphatic carbocycles. The number of rotatable bonds is 3. The minimum absolute atomic E-state index is 0.0729. The van der Waals surface area contributed by atoms with E-state index in [1.165, 1.54) is 30.5 Å². The van der Waals surface area contributed by atoms with Gasteiger partial charge in [0.2, 0.25) is 5.28 Å². The Labute approximate surface area is 114 Å². The van der Waals surface area contributed by atoms with Gasteiger partial charge in [0.25, 0.3) is 0 Å². The van der Waals surface area contributed by atoms with E-state index in [-0.39, 0.29) is 16.9 Å². The lowest BCUT2D eigenvalue weighted by Crippen LogP contribution is -2.04. The Morgan fingerprint density at radius 1 is 1.26 bits per heavy atom. The quantitative estimate of drug-likeness (QED) is 0.489. The van der Waals surface area contributed by atoms with Crippen LogP contribution in [0.2, 0.25) is 5.28 Å². The third-order valence-corrected chi connectivity index (χ3v) is 2.72. The largest absolute Gasteiger partial charge is 0.289 e. The number of benzene rings is 1. The van der Waals surface area contributed by atoms with Gasteiger partial charge in [-0.05, 0) is 48.9 Å². The minimum atomic E-state index is -0.386. The van der Waals surface area contributed by atoms with Crippen LogP contribution in [-0.4, -0.2) is 15.8 Å². The van der Waals surface area contributed by atoms with E-state index in [4.69, 9.17) is 11.6 Å². The van der Waals surface area contributed by atoms with Crippen molar-refractivity contribution in [3.05, 3.63) is 65.0 Å². The maximum atomic E-state index is 12.8. The lowest BCUT2D eigenvalue weighted by atomic mass is 10.0. The second-order valence-electron chi connectivity index (χ2n) is 3.75. The van der Waals surface area contributed by atoms with Crippen LogP contribution in [0.25, 0.3) is 5.57 Å². The first-order chi connectivity index (χ1) is 9.11. The highest BCUT2D eigenvalue weighted by molar-refractivity contribution is 6.30. The molecule has 0 atom stereocenters. The fourth-order valence-corrected chi connectivity index (χ4v) is 1.78. The van der Waals surface area contributed by atoms with Gasteiger partial charge in [0, 0.05) is 17.3 Å². The number of halogens is 2. The van der Waals surface area contributed by atoms with E-state index < -0.39 is 0 Å². The van der Waals surface area contributed by atoms with Crippen molar-refractivity contribution in [1.29, 1.82) is 0 Å². The number of hydrogen-bond acceptors (Lipinski definition) is 3. The van der Waals surface area contributed by atoms with Crippen LogP contribution in [0.3, 0.4) is 0 Å². The number of carbonyl (C=O) groups is 1. The molecule has 0 amide bonds. The molecule has 96 valence electrons. The molecule has 0 aliphatic rings. The standard InChI is InChI=1S/C14H10ClFN2O/c1-2-11(12-7-8-17-14(15)18-12)13(19)9-3-5-10(16)6-4-9/h2-8H,1H3/b11-2+. The highest BCUT2D eigenvalue weighted by Gasteiger charge is 2.15. The van der Waals surface area contributed by atoms with Crippen molar-refractivity contribution in [2.24, 2.45) is 0 Å². The number of ketones is 1. The van der Waals surface area contributed by atoms with Crippen LogP contribution in [0.4, 0.5) is 4.39 Å². The topological polar surface area (TPSA) is 42.9 Å². The van der Waals surface area contributed by atoms with Gasteiger partial charge in [0.15, 0.2) is 5.78 Å². The van der Waals surface area contributed by atoms with Crippen molar-refractivity contribution in [2.45, 2.75) is 6.92 Å². The van der Waals surface area contributed by atoms with Gasteiger partial charge in [-0.3, -0.25) is 4.79 Å². The van der Waals surface area contributed by atoms with Crippen LogP contribution in [0, 0.1) is 5.82 Å². The minimum Gasteiger partial charge on any atom is -0.289 e. The molecule has 2 rings (SSSR count). The van der Waals surface area contributed by atoms with E-state index in [0.717, 1.165) is 0 Å². The van der Waals surface area contributed by atoms with Crippen molar-refractivity contribution >= 4 is 23.0 Å². The number of aromatic nitrogens is 2. The fourth-order valence-electron chi connectivity index (χ4n) is 1.64. The predicted molar refractivity (Wildman–Crippen MR) is 71.4 cm³/mol. The molecule has 0 aliphatic heterocycles.